The Balaban J connectivity index is 0.000000309. The van der Waals surface area contributed by atoms with Crippen molar-refractivity contribution in [1.82, 2.24) is 0 Å². The highest BCUT2D eigenvalue weighted by atomic mass is 32.2. The smallest absolute Gasteiger partial charge is 0.340 e. The first-order chi connectivity index (χ1) is 12.7. The minimum atomic E-state index is -4.00. The Morgan fingerprint density at radius 3 is 1.89 bits per heavy atom. The van der Waals surface area contributed by atoms with E-state index in [4.69, 9.17) is 14.4 Å². The van der Waals surface area contributed by atoms with Gasteiger partial charge in [-0.15, -0.1) is 0 Å². The fraction of sp³-hybridized carbons (Fsp3) is 0.316. The van der Waals surface area contributed by atoms with Crippen molar-refractivity contribution >= 4 is 16.1 Å². The lowest BCUT2D eigenvalue weighted by atomic mass is 9.96. The monoisotopic (exact) mass is 396 g/mol. The second kappa shape index (κ2) is 10.8. The number of hydrogen-bond donors (Lipinski definition) is 3. The van der Waals surface area contributed by atoms with E-state index in [0.717, 1.165) is 0 Å². The van der Waals surface area contributed by atoms with E-state index in [-0.39, 0.29) is 23.3 Å². The SMILES string of the molecule is CC(CO)C(C)C(O)OC(=O)c1ccccc1.O=S(=O)(O)c1ccccc1. The van der Waals surface area contributed by atoms with Crippen molar-refractivity contribution in [2.45, 2.75) is 25.0 Å². The van der Waals surface area contributed by atoms with Crippen LogP contribution in [-0.2, 0) is 14.9 Å². The van der Waals surface area contributed by atoms with Gasteiger partial charge in [0.1, 0.15) is 0 Å². The molecule has 3 atom stereocenters. The molecule has 0 aliphatic rings. The average Bonchev–Trinajstić information content (AvgIpc) is 2.67. The average molecular weight is 396 g/mol. The maximum atomic E-state index is 11.6. The number of carbonyl (C=O) groups excluding carboxylic acids is 1. The summed E-state index contributed by atoms with van der Waals surface area (Å²) in [4.78, 5) is 11.6. The molecule has 0 bridgehead atoms. The molecule has 2 aromatic rings. The van der Waals surface area contributed by atoms with Gasteiger partial charge in [0, 0.05) is 12.5 Å². The van der Waals surface area contributed by atoms with Crippen molar-refractivity contribution < 1.29 is 32.7 Å². The van der Waals surface area contributed by atoms with E-state index in [9.17, 15) is 18.3 Å². The fourth-order valence-corrected chi connectivity index (χ4v) is 2.40. The Bertz CT molecular complexity index is 791. The number of hydrogen-bond acceptors (Lipinski definition) is 6. The van der Waals surface area contributed by atoms with Crippen LogP contribution in [0.2, 0.25) is 0 Å². The zero-order valence-corrected chi connectivity index (χ0v) is 15.9. The van der Waals surface area contributed by atoms with E-state index in [2.05, 4.69) is 0 Å². The molecule has 0 fully saturated rings. The van der Waals surface area contributed by atoms with Gasteiger partial charge in [0.2, 0.25) is 6.29 Å². The van der Waals surface area contributed by atoms with Crippen LogP contribution >= 0.6 is 0 Å². The molecular weight excluding hydrogens is 372 g/mol. The summed E-state index contributed by atoms with van der Waals surface area (Å²) < 4.78 is 34.2. The van der Waals surface area contributed by atoms with Crippen molar-refractivity contribution in [2.75, 3.05) is 6.61 Å². The topological polar surface area (TPSA) is 121 Å². The zero-order chi connectivity index (χ0) is 20.4. The first-order valence-corrected chi connectivity index (χ1v) is 9.68. The fourth-order valence-electron chi connectivity index (χ4n) is 1.90. The van der Waals surface area contributed by atoms with Gasteiger partial charge < -0.3 is 14.9 Å². The normalized spacial score (nSPS) is 14.3. The van der Waals surface area contributed by atoms with E-state index in [1.54, 1.807) is 62.4 Å². The molecule has 8 heteroatoms. The van der Waals surface area contributed by atoms with Gasteiger partial charge in [-0.3, -0.25) is 4.55 Å². The second-order valence-electron chi connectivity index (χ2n) is 5.97. The molecule has 0 radical (unpaired) electrons. The minimum Gasteiger partial charge on any atom is -0.432 e. The van der Waals surface area contributed by atoms with Crippen LogP contribution in [-0.4, -0.2) is 42.0 Å². The van der Waals surface area contributed by atoms with E-state index in [0.29, 0.717) is 5.56 Å². The van der Waals surface area contributed by atoms with Crippen LogP contribution < -0.4 is 0 Å². The number of esters is 1. The molecule has 2 rings (SSSR count). The molecule has 0 aliphatic heterocycles. The van der Waals surface area contributed by atoms with Crippen molar-refractivity contribution in [3.63, 3.8) is 0 Å². The van der Waals surface area contributed by atoms with Gasteiger partial charge >= 0.3 is 5.97 Å². The van der Waals surface area contributed by atoms with Crippen LogP contribution in [0.5, 0.6) is 0 Å². The van der Waals surface area contributed by atoms with Crippen LogP contribution in [0.3, 0.4) is 0 Å². The molecule has 0 spiro atoms. The zero-order valence-electron chi connectivity index (χ0n) is 15.1. The Morgan fingerprint density at radius 1 is 1.00 bits per heavy atom. The molecule has 0 saturated heterocycles. The molecule has 0 saturated carbocycles. The Morgan fingerprint density at radius 2 is 1.48 bits per heavy atom. The molecule has 0 amide bonds. The lowest BCUT2D eigenvalue weighted by molar-refractivity contribution is -0.109. The first kappa shape index (κ1) is 22.8. The van der Waals surface area contributed by atoms with Crippen molar-refractivity contribution in [1.29, 1.82) is 0 Å². The van der Waals surface area contributed by atoms with Crippen LogP contribution in [0.25, 0.3) is 0 Å². The van der Waals surface area contributed by atoms with Gasteiger partial charge in [-0.05, 0) is 30.2 Å². The molecule has 2 aromatic carbocycles. The summed E-state index contributed by atoms with van der Waals surface area (Å²) in [6.07, 6.45) is -1.20. The second-order valence-corrected chi connectivity index (χ2v) is 7.39. The Labute approximate surface area is 159 Å². The van der Waals surface area contributed by atoms with Crippen molar-refractivity contribution in [3.05, 3.63) is 66.2 Å². The molecule has 27 heavy (non-hydrogen) atoms. The third-order valence-corrected chi connectivity index (χ3v) is 4.78. The van der Waals surface area contributed by atoms with E-state index in [1.807, 2.05) is 0 Å². The number of aliphatic hydroxyl groups is 2. The molecule has 148 valence electrons. The van der Waals surface area contributed by atoms with Gasteiger partial charge in [-0.2, -0.15) is 8.42 Å². The van der Waals surface area contributed by atoms with Gasteiger partial charge in [0.05, 0.1) is 10.5 Å². The largest absolute Gasteiger partial charge is 0.432 e. The number of ether oxygens (including phenoxy) is 1. The highest BCUT2D eigenvalue weighted by molar-refractivity contribution is 7.85. The number of carbonyl (C=O) groups is 1. The summed E-state index contributed by atoms with van der Waals surface area (Å²) >= 11 is 0. The molecule has 7 nitrogen and oxygen atoms in total. The van der Waals surface area contributed by atoms with E-state index in [1.165, 1.54) is 12.1 Å². The maximum absolute atomic E-state index is 11.6. The van der Waals surface area contributed by atoms with Gasteiger partial charge in [0.15, 0.2) is 0 Å². The Hall–Kier alpha value is -2.26. The maximum Gasteiger partial charge on any atom is 0.340 e. The highest BCUT2D eigenvalue weighted by Crippen LogP contribution is 2.17. The summed E-state index contributed by atoms with van der Waals surface area (Å²) in [6, 6.07) is 15.9. The third-order valence-electron chi connectivity index (χ3n) is 3.91. The predicted octanol–water partition coefficient (Wildman–Crippen LogP) is 2.36. The number of rotatable bonds is 6. The third kappa shape index (κ3) is 7.88. The molecule has 0 aliphatic carbocycles. The summed E-state index contributed by atoms with van der Waals surface area (Å²) in [6.45, 7) is 3.45. The summed E-state index contributed by atoms with van der Waals surface area (Å²) in [5.41, 5.74) is 0.399. The molecule has 3 N–H and O–H groups in total. The summed E-state index contributed by atoms with van der Waals surface area (Å²) in [5, 5.41) is 18.7. The summed E-state index contributed by atoms with van der Waals surface area (Å²) in [7, 11) is -4.00. The van der Waals surface area contributed by atoms with Gasteiger partial charge in [-0.1, -0.05) is 50.2 Å². The summed E-state index contributed by atoms with van der Waals surface area (Å²) in [5.74, 6) is -1.00. The lowest BCUT2D eigenvalue weighted by Crippen LogP contribution is -2.30. The molecule has 3 unspecified atom stereocenters. The van der Waals surface area contributed by atoms with Crippen LogP contribution in [0, 0.1) is 11.8 Å². The van der Waals surface area contributed by atoms with Crippen LogP contribution in [0.4, 0.5) is 0 Å². The minimum absolute atomic E-state index is 0.0545. The Kier molecular flexibility index (Phi) is 9.10. The number of benzene rings is 2. The molecule has 0 aromatic heterocycles. The van der Waals surface area contributed by atoms with Gasteiger partial charge in [0.25, 0.3) is 10.1 Å². The van der Waals surface area contributed by atoms with Crippen LogP contribution in [0.15, 0.2) is 65.6 Å². The molecule has 0 heterocycles. The predicted molar refractivity (Wildman–Crippen MR) is 99.5 cm³/mol. The van der Waals surface area contributed by atoms with E-state index < -0.39 is 22.4 Å². The molecular formula is C19H24O7S. The van der Waals surface area contributed by atoms with Crippen molar-refractivity contribution in [2.24, 2.45) is 11.8 Å². The van der Waals surface area contributed by atoms with Crippen molar-refractivity contribution in [3.8, 4) is 0 Å². The standard InChI is InChI=1S/C13H18O4.C6H6O3S/c1-9(8-14)10(2)12(15)17-13(16)11-6-4-3-5-7-11;7-10(8,9)6-4-2-1-3-5-6/h3-7,9-10,12,14-15H,8H2,1-2H3;1-5H,(H,7,8,9). The van der Waals surface area contributed by atoms with E-state index >= 15 is 0 Å². The highest BCUT2D eigenvalue weighted by Gasteiger charge is 2.24. The lowest BCUT2D eigenvalue weighted by Gasteiger charge is -2.23. The number of aliphatic hydroxyl groups excluding tert-OH is 2. The first-order valence-electron chi connectivity index (χ1n) is 8.24. The van der Waals surface area contributed by atoms with Crippen LogP contribution in [0.1, 0.15) is 24.2 Å². The van der Waals surface area contributed by atoms with Gasteiger partial charge in [-0.25, -0.2) is 4.79 Å². The quantitative estimate of drug-likeness (QED) is 0.389.